The van der Waals surface area contributed by atoms with E-state index < -0.39 is 0 Å². The SMILES string of the molecule is CCCCCCCC/C=C\CCCCCCCC(=O)N(CCCC)CCN1C(=O)C=CC1=O. The first kappa shape index (κ1) is 29.1. The molecule has 0 bridgehead atoms. The molecule has 0 N–H and O–H groups in total. The molecule has 1 rings (SSSR count). The van der Waals surface area contributed by atoms with Gasteiger partial charge in [-0.15, -0.1) is 0 Å². The molecule has 5 nitrogen and oxygen atoms in total. The van der Waals surface area contributed by atoms with Crippen LogP contribution in [0.2, 0.25) is 0 Å². The Balaban J connectivity index is 2.07. The van der Waals surface area contributed by atoms with Gasteiger partial charge in [0.1, 0.15) is 0 Å². The van der Waals surface area contributed by atoms with Crippen LogP contribution in [0.5, 0.6) is 0 Å². The van der Waals surface area contributed by atoms with Gasteiger partial charge < -0.3 is 4.90 Å². The Hall–Kier alpha value is -1.91. The summed E-state index contributed by atoms with van der Waals surface area (Å²) in [4.78, 5) is 39.2. The summed E-state index contributed by atoms with van der Waals surface area (Å²) < 4.78 is 0. The second-order valence-electron chi connectivity index (χ2n) is 9.23. The van der Waals surface area contributed by atoms with E-state index in [1.165, 1.54) is 87.7 Å². The summed E-state index contributed by atoms with van der Waals surface area (Å²) in [6.07, 6.45) is 26.0. The van der Waals surface area contributed by atoms with Crippen LogP contribution in [-0.4, -0.2) is 47.2 Å². The molecule has 33 heavy (non-hydrogen) atoms. The number of nitrogens with zero attached hydrogens (tertiary/aromatic N) is 2. The van der Waals surface area contributed by atoms with Crippen LogP contribution in [0.25, 0.3) is 0 Å². The van der Waals surface area contributed by atoms with E-state index in [0.717, 1.165) is 25.7 Å². The van der Waals surface area contributed by atoms with E-state index in [-0.39, 0.29) is 24.3 Å². The van der Waals surface area contributed by atoms with Gasteiger partial charge in [0.05, 0.1) is 0 Å². The van der Waals surface area contributed by atoms with Gasteiger partial charge >= 0.3 is 0 Å². The molecule has 5 heteroatoms. The van der Waals surface area contributed by atoms with Crippen LogP contribution in [0, 0.1) is 0 Å². The van der Waals surface area contributed by atoms with E-state index in [0.29, 0.717) is 19.5 Å². The minimum atomic E-state index is -0.278. The third-order valence-electron chi connectivity index (χ3n) is 6.28. The quantitative estimate of drug-likeness (QED) is 0.110. The lowest BCUT2D eigenvalue weighted by Crippen LogP contribution is -2.41. The Kier molecular flexibility index (Phi) is 17.3. The van der Waals surface area contributed by atoms with Gasteiger partial charge in [-0.2, -0.15) is 0 Å². The van der Waals surface area contributed by atoms with Gasteiger partial charge in [0.2, 0.25) is 5.91 Å². The zero-order valence-electron chi connectivity index (χ0n) is 21.4. The first-order chi connectivity index (χ1) is 16.1. The number of carbonyl (C=O) groups is 3. The maximum atomic E-state index is 12.7. The number of rotatable bonds is 21. The lowest BCUT2D eigenvalue weighted by atomic mass is 10.1. The van der Waals surface area contributed by atoms with Crippen molar-refractivity contribution >= 4 is 17.7 Å². The summed E-state index contributed by atoms with van der Waals surface area (Å²) in [5.74, 6) is -0.409. The van der Waals surface area contributed by atoms with Gasteiger partial charge in [0.15, 0.2) is 0 Å². The van der Waals surface area contributed by atoms with Crippen LogP contribution in [-0.2, 0) is 14.4 Å². The fraction of sp³-hybridized carbons (Fsp3) is 0.750. The number of imide groups is 1. The first-order valence-electron chi connectivity index (χ1n) is 13.6. The number of amides is 3. The predicted molar refractivity (Wildman–Crippen MR) is 137 cm³/mol. The Bertz CT molecular complexity index is 594. The van der Waals surface area contributed by atoms with Crippen LogP contribution in [0.4, 0.5) is 0 Å². The van der Waals surface area contributed by atoms with Crippen LogP contribution in [0.1, 0.15) is 117 Å². The summed E-state index contributed by atoms with van der Waals surface area (Å²) in [6.45, 7) is 5.78. The molecular formula is C28H48N2O3. The van der Waals surface area contributed by atoms with Crippen molar-refractivity contribution in [3.05, 3.63) is 24.3 Å². The molecule has 3 amide bonds. The molecule has 0 saturated heterocycles. The Morgan fingerprint density at radius 1 is 0.727 bits per heavy atom. The van der Waals surface area contributed by atoms with Crippen molar-refractivity contribution in [2.75, 3.05) is 19.6 Å². The number of hydrogen-bond donors (Lipinski definition) is 0. The predicted octanol–water partition coefficient (Wildman–Crippen LogP) is 6.58. The van der Waals surface area contributed by atoms with Gasteiger partial charge in [0, 0.05) is 38.2 Å². The third-order valence-corrected chi connectivity index (χ3v) is 6.28. The molecule has 0 aromatic heterocycles. The maximum Gasteiger partial charge on any atom is 0.253 e. The van der Waals surface area contributed by atoms with Crippen LogP contribution < -0.4 is 0 Å². The molecule has 0 aliphatic carbocycles. The highest BCUT2D eigenvalue weighted by Crippen LogP contribution is 2.12. The maximum absolute atomic E-state index is 12.7. The highest BCUT2D eigenvalue weighted by molar-refractivity contribution is 6.12. The van der Waals surface area contributed by atoms with Crippen molar-refractivity contribution in [1.82, 2.24) is 9.80 Å². The Morgan fingerprint density at radius 2 is 1.24 bits per heavy atom. The van der Waals surface area contributed by atoms with E-state index in [1.54, 1.807) is 0 Å². The van der Waals surface area contributed by atoms with Gasteiger partial charge in [0.25, 0.3) is 11.8 Å². The van der Waals surface area contributed by atoms with E-state index >= 15 is 0 Å². The fourth-order valence-electron chi connectivity index (χ4n) is 4.09. The molecule has 0 fully saturated rings. The number of allylic oxidation sites excluding steroid dienone is 2. The summed E-state index contributed by atoms with van der Waals surface area (Å²) in [7, 11) is 0. The highest BCUT2D eigenvalue weighted by Gasteiger charge is 2.24. The molecule has 0 atom stereocenters. The molecule has 188 valence electrons. The van der Waals surface area contributed by atoms with Gasteiger partial charge in [-0.25, -0.2) is 0 Å². The second kappa shape index (κ2) is 19.5. The standard InChI is InChI=1S/C28H48N2O3/c1-3-5-7-8-9-10-11-12-13-14-15-16-17-18-19-20-26(31)29(23-6-4-2)24-25-30-27(32)21-22-28(30)33/h12-13,21-22H,3-11,14-20,23-25H2,1-2H3/b13-12-. The molecular weight excluding hydrogens is 412 g/mol. The molecule has 0 unspecified atom stereocenters. The number of carbonyl (C=O) groups excluding carboxylic acids is 3. The molecule has 0 radical (unpaired) electrons. The molecule has 0 aromatic carbocycles. The molecule has 0 spiro atoms. The van der Waals surface area contributed by atoms with Crippen molar-refractivity contribution in [3.63, 3.8) is 0 Å². The fourth-order valence-corrected chi connectivity index (χ4v) is 4.09. The van der Waals surface area contributed by atoms with Crippen molar-refractivity contribution < 1.29 is 14.4 Å². The van der Waals surface area contributed by atoms with E-state index in [4.69, 9.17) is 0 Å². The van der Waals surface area contributed by atoms with Crippen LogP contribution in [0.3, 0.4) is 0 Å². The van der Waals surface area contributed by atoms with Gasteiger partial charge in [-0.05, 0) is 38.5 Å². The van der Waals surface area contributed by atoms with Crippen molar-refractivity contribution in [1.29, 1.82) is 0 Å². The minimum Gasteiger partial charge on any atom is -0.341 e. The van der Waals surface area contributed by atoms with Crippen LogP contribution in [0.15, 0.2) is 24.3 Å². The average molecular weight is 461 g/mol. The molecule has 1 aliphatic heterocycles. The first-order valence-corrected chi connectivity index (χ1v) is 13.6. The minimum absolute atomic E-state index is 0.146. The summed E-state index contributed by atoms with van der Waals surface area (Å²) in [5, 5.41) is 0. The monoisotopic (exact) mass is 460 g/mol. The summed E-state index contributed by atoms with van der Waals surface area (Å²) in [6, 6.07) is 0. The zero-order valence-corrected chi connectivity index (χ0v) is 21.4. The Labute approximate surface area is 202 Å². The van der Waals surface area contributed by atoms with Crippen molar-refractivity contribution in [2.24, 2.45) is 0 Å². The smallest absolute Gasteiger partial charge is 0.253 e. The summed E-state index contributed by atoms with van der Waals surface area (Å²) >= 11 is 0. The van der Waals surface area contributed by atoms with E-state index in [1.807, 2.05) is 4.90 Å². The topological polar surface area (TPSA) is 57.7 Å². The highest BCUT2D eigenvalue weighted by atomic mass is 16.2. The molecule has 0 aromatic rings. The van der Waals surface area contributed by atoms with E-state index in [9.17, 15) is 14.4 Å². The largest absolute Gasteiger partial charge is 0.341 e. The molecule has 0 saturated carbocycles. The zero-order chi connectivity index (χ0) is 24.2. The number of unbranched alkanes of at least 4 members (excludes halogenated alkanes) is 12. The van der Waals surface area contributed by atoms with E-state index in [2.05, 4.69) is 26.0 Å². The van der Waals surface area contributed by atoms with Crippen LogP contribution >= 0.6 is 0 Å². The Morgan fingerprint density at radius 3 is 1.82 bits per heavy atom. The van der Waals surface area contributed by atoms with Crippen molar-refractivity contribution in [2.45, 2.75) is 117 Å². The normalized spacial score (nSPS) is 13.6. The molecule has 1 heterocycles. The lowest BCUT2D eigenvalue weighted by Gasteiger charge is -2.25. The average Bonchev–Trinajstić information content (AvgIpc) is 3.13. The van der Waals surface area contributed by atoms with Gasteiger partial charge in [-0.3, -0.25) is 19.3 Å². The third kappa shape index (κ3) is 14.1. The van der Waals surface area contributed by atoms with Crippen molar-refractivity contribution in [3.8, 4) is 0 Å². The number of hydrogen-bond acceptors (Lipinski definition) is 3. The summed E-state index contributed by atoms with van der Waals surface area (Å²) in [5.41, 5.74) is 0. The lowest BCUT2D eigenvalue weighted by molar-refractivity contribution is -0.139. The second-order valence-corrected chi connectivity index (χ2v) is 9.23. The van der Waals surface area contributed by atoms with Gasteiger partial charge in [-0.1, -0.05) is 83.8 Å². The molecule has 1 aliphatic rings.